The molecule has 138 valence electrons. The number of amides is 4. The van der Waals surface area contributed by atoms with Gasteiger partial charge in [-0.1, -0.05) is 11.6 Å². The van der Waals surface area contributed by atoms with Gasteiger partial charge in [-0.05, 0) is 36.4 Å². The van der Waals surface area contributed by atoms with Crippen molar-refractivity contribution in [2.45, 2.75) is 0 Å². The molecule has 0 saturated heterocycles. The van der Waals surface area contributed by atoms with Crippen molar-refractivity contribution < 1.29 is 19.2 Å². The molecule has 3 rings (SSSR count). The van der Waals surface area contributed by atoms with Crippen molar-refractivity contribution in [1.82, 2.24) is 9.80 Å². The minimum atomic E-state index is -0.463. The summed E-state index contributed by atoms with van der Waals surface area (Å²) in [7, 11) is 4.63. The number of fused-ring (bicyclic) bond motifs is 1. The molecule has 0 spiro atoms. The molecular formula is C19H16ClN3O4. The number of nitrogens with one attached hydrogen (secondary N) is 1. The van der Waals surface area contributed by atoms with Crippen LogP contribution >= 0.6 is 11.6 Å². The lowest BCUT2D eigenvalue weighted by Gasteiger charge is -2.13. The molecule has 0 bridgehead atoms. The molecule has 27 heavy (non-hydrogen) atoms. The van der Waals surface area contributed by atoms with Gasteiger partial charge in [-0.3, -0.25) is 24.1 Å². The average molecular weight is 386 g/mol. The highest BCUT2D eigenvalue weighted by atomic mass is 35.5. The van der Waals surface area contributed by atoms with E-state index in [4.69, 9.17) is 11.6 Å². The van der Waals surface area contributed by atoms with Crippen molar-refractivity contribution in [3.05, 3.63) is 63.7 Å². The van der Waals surface area contributed by atoms with Crippen LogP contribution in [-0.4, -0.2) is 54.6 Å². The smallest absolute Gasteiger partial charge is 0.261 e. The van der Waals surface area contributed by atoms with Crippen molar-refractivity contribution in [2.75, 3.05) is 26.5 Å². The van der Waals surface area contributed by atoms with E-state index in [2.05, 4.69) is 5.32 Å². The van der Waals surface area contributed by atoms with E-state index in [1.54, 1.807) is 20.2 Å². The van der Waals surface area contributed by atoms with Crippen LogP contribution in [0.25, 0.3) is 0 Å². The van der Waals surface area contributed by atoms with E-state index in [9.17, 15) is 19.2 Å². The van der Waals surface area contributed by atoms with Gasteiger partial charge in [0.05, 0.1) is 21.7 Å². The third-order valence-corrected chi connectivity index (χ3v) is 4.53. The first kappa shape index (κ1) is 18.6. The van der Waals surface area contributed by atoms with E-state index in [-0.39, 0.29) is 27.6 Å². The van der Waals surface area contributed by atoms with Crippen molar-refractivity contribution in [2.24, 2.45) is 0 Å². The molecule has 0 aromatic heterocycles. The van der Waals surface area contributed by atoms with Crippen molar-refractivity contribution >= 4 is 40.9 Å². The number of benzene rings is 2. The number of nitrogens with zero attached hydrogens (tertiary/aromatic N) is 2. The lowest BCUT2D eigenvalue weighted by molar-refractivity contribution is 0.0692. The standard InChI is InChI=1S/C19H16ClN3O4/c1-22(2)17(25)13-7-5-11(9-15(13)20)21-16(24)10-4-6-12-14(8-10)19(27)23(3)18(12)26/h4-9H,1-3H3,(H,21,24). The minimum Gasteiger partial charge on any atom is -0.345 e. The predicted molar refractivity (Wildman–Crippen MR) is 100 cm³/mol. The van der Waals surface area contributed by atoms with Crippen molar-refractivity contribution in [3.63, 3.8) is 0 Å². The topological polar surface area (TPSA) is 86.8 Å². The molecule has 1 aliphatic rings. The summed E-state index contributed by atoms with van der Waals surface area (Å²) in [4.78, 5) is 50.9. The van der Waals surface area contributed by atoms with Gasteiger partial charge in [0.25, 0.3) is 23.6 Å². The molecule has 4 amide bonds. The van der Waals surface area contributed by atoms with Gasteiger partial charge in [0.1, 0.15) is 0 Å². The minimum absolute atomic E-state index is 0.195. The van der Waals surface area contributed by atoms with Crippen LogP contribution in [0.15, 0.2) is 36.4 Å². The third kappa shape index (κ3) is 3.29. The highest BCUT2D eigenvalue weighted by Crippen LogP contribution is 2.25. The highest BCUT2D eigenvalue weighted by Gasteiger charge is 2.33. The highest BCUT2D eigenvalue weighted by molar-refractivity contribution is 6.34. The van der Waals surface area contributed by atoms with E-state index in [0.717, 1.165) is 4.90 Å². The second kappa shape index (κ2) is 6.85. The summed E-state index contributed by atoms with van der Waals surface area (Å²) in [6.45, 7) is 0. The Morgan fingerprint density at radius 3 is 2.30 bits per heavy atom. The molecule has 0 atom stereocenters. The van der Waals surface area contributed by atoms with Crippen LogP contribution in [0.2, 0.25) is 5.02 Å². The normalized spacial score (nSPS) is 12.8. The van der Waals surface area contributed by atoms with Crippen LogP contribution in [0.1, 0.15) is 41.4 Å². The number of halogens is 1. The Morgan fingerprint density at radius 2 is 1.67 bits per heavy atom. The summed E-state index contributed by atoms with van der Waals surface area (Å²) in [5.41, 5.74) is 1.42. The first-order valence-corrected chi connectivity index (χ1v) is 8.37. The zero-order valence-electron chi connectivity index (χ0n) is 14.9. The lowest BCUT2D eigenvalue weighted by atomic mass is 10.1. The lowest BCUT2D eigenvalue weighted by Crippen LogP contribution is -2.24. The fourth-order valence-corrected chi connectivity index (χ4v) is 2.97. The van der Waals surface area contributed by atoms with Crippen LogP contribution in [0.3, 0.4) is 0 Å². The second-order valence-electron chi connectivity index (χ2n) is 6.28. The summed E-state index contributed by atoms with van der Waals surface area (Å²) in [5, 5.41) is 2.88. The van der Waals surface area contributed by atoms with Gasteiger partial charge < -0.3 is 10.2 Å². The fourth-order valence-electron chi connectivity index (χ4n) is 2.71. The Bertz CT molecular complexity index is 1000. The Kier molecular flexibility index (Phi) is 4.72. The van der Waals surface area contributed by atoms with E-state index in [0.29, 0.717) is 11.3 Å². The first-order chi connectivity index (χ1) is 12.7. The molecule has 7 nitrogen and oxygen atoms in total. The molecule has 0 fully saturated rings. The van der Waals surface area contributed by atoms with Gasteiger partial charge in [-0.25, -0.2) is 0 Å². The molecule has 0 radical (unpaired) electrons. The van der Waals surface area contributed by atoms with Crippen molar-refractivity contribution in [1.29, 1.82) is 0 Å². The molecule has 0 saturated carbocycles. The Morgan fingerprint density at radius 1 is 1.00 bits per heavy atom. The molecule has 1 N–H and O–H groups in total. The maximum Gasteiger partial charge on any atom is 0.261 e. The summed E-state index contributed by atoms with van der Waals surface area (Å²) >= 11 is 6.14. The molecule has 0 unspecified atom stereocenters. The van der Waals surface area contributed by atoms with Gasteiger partial charge in [0, 0.05) is 32.4 Å². The Labute approximate surface area is 160 Å². The van der Waals surface area contributed by atoms with Crippen LogP contribution in [0.4, 0.5) is 5.69 Å². The largest absolute Gasteiger partial charge is 0.345 e. The van der Waals surface area contributed by atoms with Gasteiger partial charge >= 0.3 is 0 Å². The van der Waals surface area contributed by atoms with Gasteiger partial charge in [0.2, 0.25) is 0 Å². The molecule has 1 aliphatic heterocycles. The molecule has 8 heteroatoms. The van der Waals surface area contributed by atoms with Gasteiger partial charge in [-0.15, -0.1) is 0 Å². The predicted octanol–water partition coefficient (Wildman–Crippen LogP) is 2.52. The van der Waals surface area contributed by atoms with E-state index in [1.165, 1.54) is 42.3 Å². The molecular weight excluding hydrogens is 370 g/mol. The molecule has 0 aliphatic carbocycles. The number of hydrogen-bond acceptors (Lipinski definition) is 4. The number of carbonyl (C=O) groups is 4. The second-order valence-corrected chi connectivity index (χ2v) is 6.69. The number of hydrogen-bond donors (Lipinski definition) is 1. The fraction of sp³-hybridized carbons (Fsp3) is 0.158. The number of rotatable bonds is 3. The molecule has 1 heterocycles. The summed E-state index contributed by atoms with van der Waals surface area (Å²) in [6, 6.07) is 8.90. The number of imide groups is 1. The maximum atomic E-state index is 12.5. The zero-order chi connectivity index (χ0) is 19.9. The summed E-state index contributed by atoms with van der Waals surface area (Å²) in [6.07, 6.45) is 0. The van der Waals surface area contributed by atoms with Crippen LogP contribution < -0.4 is 5.32 Å². The third-order valence-electron chi connectivity index (χ3n) is 4.22. The monoisotopic (exact) mass is 385 g/mol. The van der Waals surface area contributed by atoms with Crippen LogP contribution in [-0.2, 0) is 0 Å². The van der Waals surface area contributed by atoms with Gasteiger partial charge in [-0.2, -0.15) is 0 Å². The summed E-state index contributed by atoms with van der Waals surface area (Å²) < 4.78 is 0. The van der Waals surface area contributed by atoms with E-state index >= 15 is 0 Å². The average Bonchev–Trinajstić information content (AvgIpc) is 2.85. The van der Waals surface area contributed by atoms with E-state index in [1.807, 2.05) is 0 Å². The van der Waals surface area contributed by atoms with Crippen molar-refractivity contribution in [3.8, 4) is 0 Å². The maximum absolute atomic E-state index is 12.5. The SMILES string of the molecule is CN(C)C(=O)c1ccc(NC(=O)c2ccc3c(c2)C(=O)N(C)C3=O)cc1Cl. The summed E-state index contributed by atoms with van der Waals surface area (Å²) in [5.74, 6) is -1.55. The Hall–Kier alpha value is -3.19. The molecule has 2 aromatic carbocycles. The molecule has 2 aromatic rings. The quantitative estimate of drug-likeness (QED) is 0.822. The first-order valence-electron chi connectivity index (χ1n) is 7.99. The zero-order valence-corrected chi connectivity index (χ0v) is 15.6. The number of anilines is 1. The Balaban J connectivity index is 1.83. The van der Waals surface area contributed by atoms with Crippen LogP contribution in [0, 0.1) is 0 Å². The number of carbonyl (C=O) groups excluding carboxylic acids is 4. The van der Waals surface area contributed by atoms with Gasteiger partial charge in [0.15, 0.2) is 0 Å². The van der Waals surface area contributed by atoms with E-state index < -0.39 is 17.7 Å². The van der Waals surface area contributed by atoms with Crippen LogP contribution in [0.5, 0.6) is 0 Å².